The second kappa shape index (κ2) is 14.4. The molecule has 0 spiro atoms. The van der Waals surface area contributed by atoms with E-state index in [1.165, 1.54) is 0 Å². The predicted molar refractivity (Wildman–Crippen MR) is 16.2 cm³/mol. The Labute approximate surface area is 136 Å². The van der Waals surface area contributed by atoms with Gasteiger partial charge in [0.2, 0.25) is 0 Å². The molecule has 0 rings (SSSR count). The summed E-state index contributed by atoms with van der Waals surface area (Å²) >= 11 is 0. The summed E-state index contributed by atoms with van der Waals surface area (Å²) in [5, 5.41) is 0. The molecule has 0 unspecified atom stereocenters. The van der Waals surface area contributed by atoms with E-state index in [4.69, 9.17) is 19.2 Å². The Morgan fingerprint density at radius 1 is 0.889 bits per heavy atom. The van der Waals surface area contributed by atoms with Crippen molar-refractivity contribution < 1.29 is 108 Å². The zero-order valence-corrected chi connectivity index (χ0v) is 12.0. The maximum absolute atomic E-state index is 8.55. The molecule has 9 heteroatoms. The molecular weight excluding hydrogens is 188 g/mol. The standard InChI is InChI=1S/Mg.3Na.H3O4P.2H/c;;;;1-5(2,3)4;;/h;;;;(H3,1,2,3,4);;/q;3*+1;;;/p-3. The van der Waals surface area contributed by atoms with Gasteiger partial charge in [-0.15, -0.1) is 0 Å². The number of hydrogen-bond acceptors (Lipinski definition) is 4. The molecule has 0 N–H and O–H groups in total. The molecule has 0 aromatic rings. The normalized spacial score (nSPS) is 6.56. The zero-order chi connectivity index (χ0) is 4.50. The summed E-state index contributed by atoms with van der Waals surface area (Å²) in [6.45, 7) is 0. The van der Waals surface area contributed by atoms with Crippen molar-refractivity contribution in [2.45, 2.75) is 0 Å². The number of phosphoric acid groups is 1. The maximum atomic E-state index is 8.55. The van der Waals surface area contributed by atoms with Crippen molar-refractivity contribution in [1.82, 2.24) is 0 Å². The summed E-state index contributed by atoms with van der Waals surface area (Å²) in [5.74, 6) is 0. The molecular formula is H2MgNa3O4P. The van der Waals surface area contributed by atoms with E-state index in [-0.39, 0.29) is 112 Å². The van der Waals surface area contributed by atoms with Crippen molar-refractivity contribution >= 4 is 30.9 Å². The van der Waals surface area contributed by atoms with Gasteiger partial charge in [-0.05, 0) is 0 Å². The van der Waals surface area contributed by atoms with Crippen molar-refractivity contribution in [1.29, 1.82) is 0 Å². The molecule has 0 aliphatic carbocycles. The van der Waals surface area contributed by atoms with Crippen LogP contribution in [0.3, 0.4) is 0 Å². The van der Waals surface area contributed by atoms with Crippen LogP contribution in [0.15, 0.2) is 0 Å². The van der Waals surface area contributed by atoms with Crippen LogP contribution < -0.4 is 103 Å². The minimum atomic E-state index is -5.39. The summed E-state index contributed by atoms with van der Waals surface area (Å²) < 4.78 is 8.55. The van der Waals surface area contributed by atoms with Gasteiger partial charge in [-0.1, -0.05) is 0 Å². The van der Waals surface area contributed by atoms with Gasteiger partial charge in [-0.3, -0.25) is 0 Å². The van der Waals surface area contributed by atoms with E-state index in [1.807, 2.05) is 0 Å². The first-order valence-corrected chi connectivity index (χ1v) is 2.19. The molecule has 0 bridgehead atoms. The van der Waals surface area contributed by atoms with Gasteiger partial charge in [0.1, 0.15) is 0 Å². The van der Waals surface area contributed by atoms with Crippen molar-refractivity contribution in [2.75, 3.05) is 0 Å². The summed E-state index contributed by atoms with van der Waals surface area (Å²) in [4.78, 5) is 25.6. The summed E-state index contributed by atoms with van der Waals surface area (Å²) in [5.41, 5.74) is 0. The molecule has 0 atom stereocenters. The maximum Gasteiger partial charge on any atom is 1.00 e. The predicted octanol–water partition coefficient (Wildman–Crippen LogP) is -12.7. The Balaban J connectivity index is -0.0000000133. The SMILES string of the molecule is O=P([O-])([O-])[O-].[MgH2].[Na+].[Na+].[Na+]. The topological polar surface area (TPSA) is 86.2 Å². The van der Waals surface area contributed by atoms with E-state index >= 15 is 0 Å². The first-order valence-electron chi connectivity index (χ1n) is 0.730. The first-order chi connectivity index (χ1) is 2.00. The van der Waals surface area contributed by atoms with Crippen LogP contribution in [0.25, 0.3) is 0 Å². The molecule has 0 aromatic carbocycles. The van der Waals surface area contributed by atoms with Crippen LogP contribution in [0.2, 0.25) is 0 Å². The molecule has 0 aliphatic heterocycles. The van der Waals surface area contributed by atoms with Gasteiger partial charge in [0.05, 0.1) is 0 Å². The summed E-state index contributed by atoms with van der Waals surface area (Å²) in [7, 11) is -5.39. The first kappa shape index (κ1) is 29.3. The third-order valence-corrected chi connectivity index (χ3v) is 0. The minimum absolute atomic E-state index is 0. The van der Waals surface area contributed by atoms with Gasteiger partial charge in [0.15, 0.2) is 0 Å². The van der Waals surface area contributed by atoms with Gasteiger partial charge in [-0.25, -0.2) is 0 Å². The molecule has 36 valence electrons. The van der Waals surface area contributed by atoms with Crippen molar-refractivity contribution in [3.05, 3.63) is 0 Å². The van der Waals surface area contributed by atoms with Crippen molar-refractivity contribution in [3.8, 4) is 0 Å². The van der Waals surface area contributed by atoms with Crippen LogP contribution in [0.1, 0.15) is 0 Å². The van der Waals surface area contributed by atoms with Gasteiger partial charge in [-0.2, -0.15) is 7.82 Å². The minimum Gasteiger partial charge on any atom is -0.822 e. The molecule has 0 fully saturated rings. The summed E-state index contributed by atoms with van der Waals surface area (Å²) in [6.07, 6.45) is 0. The van der Waals surface area contributed by atoms with E-state index in [0.717, 1.165) is 0 Å². The Kier molecular flexibility index (Phi) is 46.9. The van der Waals surface area contributed by atoms with Crippen molar-refractivity contribution in [2.24, 2.45) is 0 Å². The Morgan fingerprint density at radius 2 is 0.889 bits per heavy atom. The van der Waals surface area contributed by atoms with E-state index in [1.54, 1.807) is 0 Å². The molecule has 0 aromatic heterocycles. The average Bonchev–Trinajstić information content (AvgIpc) is 0.722. The van der Waals surface area contributed by atoms with E-state index < -0.39 is 7.82 Å². The fraction of sp³-hybridized carbons (Fsp3) is 0. The number of hydrogen-bond donors (Lipinski definition) is 0. The molecule has 0 radical (unpaired) electrons. The average molecular weight is 190 g/mol. The molecule has 4 nitrogen and oxygen atoms in total. The van der Waals surface area contributed by atoms with Gasteiger partial charge < -0.3 is 19.2 Å². The fourth-order valence-corrected chi connectivity index (χ4v) is 0. The third kappa shape index (κ3) is 77.1. The second-order valence-electron chi connectivity index (χ2n) is 0.447. The van der Waals surface area contributed by atoms with Crippen LogP contribution >= 0.6 is 7.82 Å². The Morgan fingerprint density at radius 3 is 0.889 bits per heavy atom. The van der Waals surface area contributed by atoms with E-state index in [2.05, 4.69) is 0 Å². The van der Waals surface area contributed by atoms with E-state index in [9.17, 15) is 0 Å². The third-order valence-electron chi connectivity index (χ3n) is 0. The monoisotopic (exact) mass is 190 g/mol. The van der Waals surface area contributed by atoms with Crippen LogP contribution in [-0.4, -0.2) is 23.1 Å². The molecule has 0 heterocycles. The zero-order valence-electron chi connectivity index (χ0n) is 5.08. The van der Waals surface area contributed by atoms with Crippen molar-refractivity contribution in [3.63, 3.8) is 0 Å². The summed E-state index contributed by atoms with van der Waals surface area (Å²) in [6, 6.07) is 0. The quantitative estimate of drug-likeness (QED) is 0.280. The fourth-order valence-electron chi connectivity index (χ4n) is 0. The molecule has 9 heavy (non-hydrogen) atoms. The molecule has 0 saturated heterocycles. The van der Waals surface area contributed by atoms with E-state index in [0.29, 0.717) is 0 Å². The largest absolute Gasteiger partial charge is 1.00 e. The van der Waals surface area contributed by atoms with Gasteiger partial charge in [0, 0.05) is 0 Å². The Bertz CT molecular complexity index is 61.9. The Hall–Kier alpha value is 3.88. The smallest absolute Gasteiger partial charge is 0.822 e. The second-order valence-corrected chi connectivity index (χ2v) is 1.34. The molecule has 0 aliphatic rings. The molecule has 0 saturated carbocycles. The van der Waals surface area contributed by atoms with Crippen LogP contribution in [0.5, 0.6) is 0 Å². The van der Waals surface area contributed by atoms with Crippen LogP contribution in [0.4, 0.5) is 0 Å². The van der Waals surface area contributed by atoms with Crippen LogP contribution in [0, 0.1) is 0 Å². The molecule has 0 amide bonds. The van der Waals surface area contributed by atoms with Gasteiger partial charge >= 0.3 is 112 Å². The van der Waals surface area contributed by atoms with Gasteiger partial charge in [0.25, 0.3) is 0 Å². The van der Waals surface area contributed by atoms with Crippen LogP contribution in [-0.2, 0) is 4.57 Å². The number of rotatable bonds is 0.